The molecule has 5 nitrogen and oxygen atoms in total. The SMILES string of the molecule is CNc1nc(C2CC2)nc(NC(C)c2nc(C)cs2)c1C. The first kappa shape index (κ1) is 14.3. The number of thiazole rings is 1. The molecule has 2 aromatic rings. The van der Waals surface area contributed by atoms with Gasteiger partial charge < -0.3 is 10.6 Å². The van der Waals surface area contributed by atoms with E-state index >= 15 is 0 Å². The summed E-state index contributed by atoms with van der Waals surface area (Å²) in [7, 11) is 1.91. The van der Waals surface area contributed by atoms with E-state index in [1.807, 2.05) is 20.9 Å². The van der Waals surface area contributed by atoms with Crippen molar-refractivity contribution in [2.24, 2.45) is 0 Å². The van der Waals surface area contributed by atoms with E-state index in [1.54, 1.807) is 11.3 Å². The fourth-order valence-electron chi connectivity index (χ4n) is 2.28. The van der Waals surface area contributed by atoms with Crippen molar-refractivity contribution in [3.8, 4) is 0 Å². The van der Waals surface area contributed by atoms with Crippen molar-refractivity contribution in [1.29, 1.82) is 0 Å². The minimum absolute atomic E-state index is 0.147. The lowest BCUT2D eigenvalue weighted by atomic mass is 10.2. The number of hydrogen-bond acceptors (Lipinski definition) is 6. The van der Waals surface area contributed by atoms with Crippen LogP contribution >= 0.6 is 11.3 Å². The highest BCUT2D eigenvalue weighted by Gasteiger charge is 2.28. The predicted molar refractivity (Wildman–Crippen MR) is 87.2 cm³/mol. The molecule has 2 aromatic heterocycles. The summed E-state index contributed by atoms with van der Waals surface area (Å²) in [6, 6.07) is 0.147. The third kappa shape index (κ3) is 3.00. The highest BCUT2D eigenvalue weighted by atomic mass is 32.1. The van der Waals surface area contributed by atoms with Crippen LogP contribution in [-0.2, 0) is 0 Å². The zero-order valence-electron chi connectivity index (χ0n) is 12.9. The van der Waals surface area contributed by atoms with Crippen molar-refractivity contribution in [3.05, 3.63) is 27.5 Å². The van der Waals surface area contributed by atoms with Crippen LogP contribution in [-0.4, -0.2) is 22.0 Å². The van der Waals surface area contributed by atoms with Crippen LogP contribution in [0.2, 0.25) is 0 Å². The fraction of sp³-hybridized carbons (Fsp3) is 0.533. The zero-order valence-corrected chi connectivity index (χ0v) is 13.7. The maximum atomic E-state index is 4.73. The Balaban J connectivity index is 1.88. The molecule has 6 heteroatoms. The van der Waals surface area contributed by atoms with Crippen molar-refractivity contribution in [3.63, 3.8) is 0 Å². The Morgan fingerprint density at radius 2 is 1.90 bits per heavy atom. The molecule has 1 aliphatic carbocycles. The van der Waals surface area contributed by atoms with Crippen LogP contribution in [0, 0.1) is 13.8 Å². The Bertz CT molecular complexity index is 648. The van der Waals surface area contributed by atoms with Gasteiger partial charge in [0.2, 0.25) is 0 Å². The van der Waals surface area contributed by atoms with E-state index in [0.29, 0.717) is 5.92 Å². The summed E-state index contributed by atoms with van der Waals surface area (Å²) in [5.74, 6) is 3.32. The van der Waals surface area contributed by atoms with Crippen LogP contribution in [0.15, 0.2) is 5.38 Å². The van der Waals surface area contributed by atoms with Crippen LogP contribution in [0.5, 0.6) is 0 Å². The first-order valence-electron chi connectivity index (χ1n) is 7.33. The van der Waals surface area contributed by atoms with Crippen molar-refractivity contribution in [2.45, 2.75) is 45.6 Å². The zero-order chi connectivity index (χ0) is 15.0. The van der Waals surface area contributed by atoms with Gasteiger partial charge in [0.1, 0.15) is 22.5 Å². The third-order valence-electron chi connectivity index (χ3n) is 3.70. The Morgan fingerprint density at radius 3 is 2.48 bits per heavy atom. The van der Waals surface area contributed by atoms with Gasteiger partial charge in [-0.2, -0.15) is 0 Å². The van der Waals surface area contributed by atoms with Gasteiger partial charge in [-0.25, -0.2) is 15.0 Å². The Hall–Kier alpha value is -1.69. The topological polar surface area (TPSA) is 62.7 Å². The molecule has 0 aromatic carbocycles. The average Bonchev–Trinajstić information content (AvgIpc) is 3.22. The summed E-state index contributed by atoms with van der Waals surface area (Å²) in [6.07, 6.45) is 2.40. The number of aromatic nitrogens is 3. The lowest BCUT2D eigenvalue weighted by Crippen LogP contribution is -2.12. The molecule has 0 radical (unpaired) electrons. The van der Waals surface area contributed by atoms with Crippen molar-refractivity contribution < 1.29 is 0 Å². The predicted octanol–water partition coefficient (Wildman–Crippen LogP) is 3.64. The number of rotatable bonds is 5. The van der Waals surface area contributed by atoms with E-state index in [4.69, 9.17) is 4.98 Å². The molecule has 1 unspecified atom stereocenters. The molecular weight excluding hydrogens is 282 g/mol. The minimum Gasteiger partial charge on any atom is -0.373 e. The molecule has 3 rings (SSSR count). The number of hydrogen-bond donors (Lipinski definition) is 2. The van der Waals surface area contributed by atoms with E-state index in [-0.39, 0.29) is 6.04 Å². The molecule has 1 fully saturated rings. The van der Waals surface area contributed by atoms with Crippen molar-refractivity contribution >= 4 is 23.0 Å². The van der Waals surface area contributed by atoms with Gasteiger partial charge in [-0.15, -0.1) is 11.3 Å². The van der Waals surface area contributed by atoms with Crippen LogP contribution in [0.4, 0.5) is 11.6 Å². The van der Waals surface area contributed by atoms with Gasteiger partial charge >= 0.3 is 0 Å². The monoisotopic (exact) mass is 303 g/mol. The maximum absolute atomic E-state index is 4.73. The van der Waals surface area contributed by atoms with E-state index in [2.05, 4.69) is 32.9 Å². The molecule has 112 valence electrons. The van der Waals surface area contributed by atoms with Gasteiger partial charge in [-0.05, 0) is 33.6 Å². The Labute approximate surface area is 129 Å². The highest BCUT2D eigenvalue weighted by molar-refractivity contribution is 7.09. The van der Waals surface area contributed by atoms with Gasteiger partial charge in [-0.3, -0.25) is 0 Å². The molecule has 0 bridgehead atoms. The van der Waals surface area contributed by atoms with E-state index in [1.165, 1.54) is 12.8 Å². The third-order valence-corrected chi connectivity index (χ3v) is 4.85. The minimum atomic E-state index is 0.147. The molecule has 21 heavy (non-hydrogen) atoms. The number of nitrogens with zero attached hydrogens (tertiary/aromatic N) is 3. The van der Waals surface area contributed by atoms with Gasteiger partial charge in [0.15, 0.2) is 0 Å². The molecule has 0 amide bonds. The van der Waals surface area contributed by atoms with Crippen LogP contribution in [0.25, 0.3) is 0 Å². The Morgan fingerprint density at radius 1 is 1.19 bits per heavy atom. The van der Waals surface area contributed by atoms with Crippen molar-refractivity contribution in [2.75, 3.05) is 17.7 Å². The molecule has 2 N–H and O–H groups in total. The van der Waals surface area contributed by atoms with Crippen molar-refractivity contribution in [1.82, 2.24) is 15.0 Å². The second kappa shape index (κ2) is 5.60. The van der Waals surface area contributed by atoms with Gasteiger partial charge in [-0.1, -0.05) is 0 Å². The average molecular weight is 303 g/mol. The van der Waals surface area contributed by atoms with Gasteiger partial charge in [0, 0.05) is 29.6 Å². The van der Waals surface area contributed by atoms with Gasteiger partial charge in [0.25, 0.3) is 0 Å². The fourth-order valence-corrected chi connectivity index (χ4v) is 3.08. The summed E-state index contributed by atoms with van der Waals surface area (Å²) in [5, 5.41) is 9.83. The van der Waals surface area contributed by atoms with E-state index < -0.39 is 0 Å². The highest BCUT2D eigenvalue weighted by Crippen LogP contribution is 2.39. The van der Waals surface area contributed by atoms with Crippen LogP contribution in [0.1, 0.15) is 53.8 Å². The first-order valence-corrected chi connectivity index (χ1v) is 8.21. The summed E-state index contributed by atoms with van der Waals surface area (Å²) in [5.41, 5.74) is 2.12. The summed E-state index contributed by atoms with van der Waals surface area (Å²) in [4.78, 5) is 13.9. The lowest BCUT2D eigenvalue weighted by Gasteiger charge is -2.17. The van der Waals surface area contributed by atoms with Gasteiger partial charge in [0.05, 0.1) is 6.04 Å². The van der Waals surface area contributed by atoms with E-state index in [0.717, 1.165) is 33.7 Å². The molecule has 1 atom stereocenters. The number of aryl methyl sites for hydroxylation is 1. The quantitative estimate of drug-likeness (QED) is 0.883. The molecule has 1 saturated carbocycles. The number of nitrogens with one attached hydrogen (secondary N) is 2. The Kier molecular flexibility index (Phi) is 3.80. The summed E-state index contributed by atoms with van der Waals surface area (Å²) in [6.45, 7) is 6.19. The normalized spacial score (nSPS) is 15.8. The maximum Gasteiger partial charge on any atom is 0.136 e. The molecular formula is C15H21N5S. The lowest BCUT2D eigenvalue weighted by molar-refractivity contribution is 0.836. The summed E-state index contributed by atoms with van der Waals surface area (Å²) >= 11 is 1.68. The second-order valence-corrected chi connectivity index (χ2v) is 6.51. The summed E-state index contributed by atoms with van der Waals surface area (Å²) < 4.78 is 0. The second-order valence-electron chi connectivity index (χ2n) is 5.62. The molecule has 2 heterocycles. The number of anilines is 2. The first-order chi connectivity index (χ1) is 10.1. The van der Waals surface area contributed by atoms with Crippen LogP contribution in [0.3, 0.4) is 0 Å². The molecule has 0 spiro atoms. The smallest absolute Gasteiger partial charge is 0.136 e. The molecule has 1 aliphatic rings. The van der Waals surface area contributed by atoms with E-state index in [9.17, 15) is 0 Å². The molecule has 0 saturated heterocycles. The molecule has 0 aliphatic heterocycles. The standard InChI is InChI=1S/C15H21N5S/c1-8-7-21-15(17-8)10(3)18-13-9(2)12(16-4)19-14(20-13)11-5-6-11/h7,10-11H,5-6H2,1-4H3,(H2,16,18,19,20). The largest absolute Gasteiger partial charge is 0.373 e. The van der Waals surface area contributed by atoms with Crippen LogP contribution < -0.4 is 10.6 Å².